The molecule has 0 aromatic heterocycles. The molecule has 0 spiro atoms. The standard InChI is InChI=1S/C7H8S3/c8-4-6-2-1-3-7(5-9)10-6/h1-2,4-7H,3H2. The first kappa shape index (κ1) is 8.37. The number of hydrogen-bond acceptors (Lipinski definition) is 3. The SMILES string of the molecule is S=CC1C=CCC(C=S)S1. The molecule has 0 aromatic rings. The predicted molar refractivity (Wildman–Crippen MR) is 56.2 cm³/mol. The van der Waals surface area contributed by atoms with Crippen molar-refractivity contribution in [1.29, 1.82) is 0 Å². The van der Waals surface area contributed by atoms with Crippen molar-refractivity contribution in [3.63, 3.8) is 0 Å². The Hall–Kier alpha value is 0.270. The van der Waals surface area contributed by atoms with Gasteiger partial charge < -0.3 is 0 Å². The quantitative estimate of drug-likeness (QED) is 0.482. The zero-order valence-corrected chi connectivity index (χ0v) is 7.85. The zero-order chi connectivity index (χ0) is 7.40. The molecule has 1 rings (SSSR count). The topological polar surface area (TPSA) is 0 Å². The van der Waals surface area contributed by atoms with Crippen molar-refractivity contribution in [2.45, 2.75) is 16.9 Å². The molecule has 0 saturated heterocycles. The molecule has 0 fully saturated rings. The first-order valence-electron chi connectivity index (χ1n) is 3.09. The van der Waals surface area contributed by atoms with Crippen LogP contribution in [0.15, 0.2) is 12.2 Å². The molecule has 0 N–H and O–H groups in total. The fourth-order valence-corrected chi connectivity index (χ4v) is 2.36. The summed E-state index contributed by atoms with van der Waals surface area (Å²) in [4.78, 5) is 0. The molecular formula is C7H8S3. The first-order chi connectivity index (χ1) is 4.86. The van der Waals surface area contributed by atoms with Crippen LogP contribution >= 0.6 is 36.2 Å². The lowest BCUT2D eigenvalue weighted by Gasteiger charge is -2.17. The van der Waals surface area contributed by atoms with Crippen molar-refractivity contribution in [2.24, 2.45) is 0 Å². The molecule has 1 aliphatic rings. The van der Waals surface area contributed by atoms with E-state index in [2.05, 4.69) is 12.2 Å². The Kier molecular flexibility index (Phi) is 3.52. The molecule has 2 unspecified atom stereocenters. The molecule has 0 amide bonds. The van der Waals surface area contributed by atoms with Crippen LogP contribution in [0.4, 0.5) is 0 Å². The van der Waals surface area contributed by atoms with Crippen LogP contribution in [0, 0.1) is 0 Å². The Labute approximate surface area is 76.1 Å². The van der Waals surface area contributed by atoms with Crippen molar-refractivity contribution in [3.05, 3.63) is 12.2 Å². The van der Waals surface area contributed by atoms with Gasteiger partial charge in [-0.15, -0.1) is 11.8 Å². The lowest BCUT2D eigenvalue weighted by molar-refractivity contribution is 1.12. The van der Waals surface area contributed by atoms with Gasteiger partial charge in [0.05, 0.1) is 5.25 Å². The van der Waals surface area contributed by atoms with Crippen molar-refractivity contribution < 1.29 is 0 Å². The van der Waals surface area contributed by atoms with Gasteiger partial charge in [-0.2, -0.15) is 0 Å². The van der Waals surface area contributed by atoms with Gasteiger partial charge in [0.1, 0.15) is 0 Å². The molecule has 0 aliphatic carbocycles. The van der Waals surface area contributed by atoms with Gasteiger partial charge in [-0.3, -0.25) is 0 Å². The minimum absolute atomic E-state index is 0.396. The first-order valence-corrected chi connectivity index (χ1v) is 4.98. The Bertz CT molecular complexity index is 162. The highest BCUT2D eigenvalue weighted by molar-refractivity contribution is 8.03. The molecule has 0 radical (unpaired) electrons. The smallest absolute Gasteiger partial charge is 0.0516 e. The van der Waals surface area contributed by atoms with E-state index in [9.17, 15) is 0 Å². The number of thioether (sulfide) groups is 1. The van der Waals surface area contributed by atoms with E-state index in [0.717, 1.165) is 6.42 Å². The number of hydrogen-bond donors (Lipinski definition) is 0. The van der Waals surface area contributed by atoms with Crippen LogP contribution in [-0.4, -0.2) is 21.2 Å². The second kappa shape index (κ2) is 4.21. The van der Waals surface area contributed by atoms with E-state index >= 15 is 0 Å². The summed E-state index contributed by atoms with van der Waals surface area (Å²) in [6.07, 6.45) is 5.35. The Balaban J connectivity index is 2.52. The Morgan fingerprint density at radius 2 is 2.20 bits per heavy atom. The van der Waals surface area contributed by atoms with Gasteiger partial charge in [-0.1, -0.05) is 36.6 Å². The number of allylic oxidation sites excluding steroid dienone is 1. The van der Waals surface area contributed by atoms with Crippen molar-refractivity contribution in [2.75, 3.05) is 0 Å². The van der Waals surface area contributed by atoms with E-state index in [1.54, 1.807) is 5.37 Å². The monoisotopic (exact) mass is 188 g/mol. The van der Waals surface area contributed by atoms with Crippen LogP contribution in [-0.2, 0) is 0 Å². The van der Waals surface area contributed by atoms with E-state index in [1.165, 1.54) is 0 Å². The molecule has 2 atom stereocenters. The summed E-state index contributed by atoms with van der Waals surface area (Å²) in [7, 11) is 0. The van der Waals surface area contributed by atoms with Crippen LogP contribution in [0.25, 0.3) is 0 Å². The van der Waals surface area contributed by atoms with Gasteiger partial charge in [-0.05, 0) is 17.2 Å². The highest BCUT2D eigenvalue weighted by Crippen LogP contribution is 2.24. The zero-order valence-electron chi connectivity index (χ0n) is 5.40. The maximum atomic E-state index is 4.85. The van der Waals surface area contributed by atoms with E-state index in [1.807, 2.05) is 17.1 Å². The maximum Gasteiger partial charge on any atom is 0.0516 e. The summed E-state index contributed by atoms with van der Waals surface area (Å²) < 4.78 is 0. The molecule has 0 bridgehead atoms. The molecule has 0 nitrogen and oxygen atoms in total. The molecule has 0 saturated carbocycles. The second-order valence-electron chi connectivity index (χ2n) is 2.08. The highest BCUT2D eigenvalue weighted by atomic mass is 32.2. The fourth-order valence-electron chi connectivity index (χ4n) is 0.815. The molecule has 0 aromatic carbocycles. The predicted octanol–water partition coefficient (Wildman–Crippen LogP) is 2.42. The summed E-state index contributed by atoms with van der Waals surface area (Å²) in [6, 6.07) is 0. The minimum atomic E-state index is 0.396. The van der Waals surface area contributed by atoms with Gasteiger partial charge in [0.25, 0.3) is 0 Å². The number of thiocarbonyl (C=S) groups is 2. The molecule has 1 heterocycles. The van der Waals surface area contributed by atoms with E-state index in [4.69, 9.17) is 24.4 Å². The normalized spacial score (nSPS) is 31.6. The van der Waals surface area contributed by atoms with Gasteiger partial charge in [-0.25, -0.2) is 0 Å². The highest BCUT2D eigenvalue weighted by Gasteiger charge is 2.13. The second-order valence-corrected chi connectivity index (χ2v) is 4.04. The van der Waals surface area contributed by atoms with E-state index in [-0.39, 0.29) is 0 Å². The summed E-state index contributed by atoms with van der Waals surface area (Å²) in [5.41, 5.74) is 0. The summed E-state index contributed by atoms with van der Waals surface area (Å²) in [5.74, 6) is 0. The Morgan fingerprint density at radius 3 is 2.80 bits per heavy atom. The van der Waals surface area contributed by atoms with Crippen LogP contribution in [0.3, 0.4) is 0 Å². The van der Waals surface area contributed by atoms with Crippen LogP contribution in [0.1, 0.15) is 6.42 Å². The maximum absolute atomic E-state index is 4.85. The summed E-state index contributed by atoms with van der Waals surface area (Å²) in [5, 5.41) is 4.49. The van der Waals surface area contributed by atoms with Crippen LogP contribution in [0.2, 0.25) is 0 Å². The van der Waals surface area contributed by atoms with Crippen LogP contribution < -0.4 is 0 Å². The third kappa shape index (κ3) is 2.15. The third-order valence-corrected chi connectivity index (χ3v) is 3.56. The molecule has 10 heavy (non-hydrogen) atoms. The Morgan fingerprint density at radius 1 is 1.40 bits per heavy atom. The van der Waals surface area contributed by atoms with E-state index < -0.39 is 0 Å². The lowest BCUT2D eigenvalue weighted by atomic mass is 10.2. The summed E-state index contributed by atoms with van der Waals surface area (Å²) in [6.45, 7) is 0. The average molecular weight is 188 g/mol. The fraction of sp³-hybridized carbons (Fsp3) is 0.429. The van der Waals surface area contributed by atoms with Crippen molar-refractivity contribution in [3.8, 4) is 0 Å². The van der Waals surface area contributed by atoms with Gasteiger partial charge in [0.15, 0.2) is 0 Å². The molecule has 1 aliphatic heterocycles. The van der Waals surface area contributed by atoms with Gasteiger partial charge in [0.2, 0.25) is 0 Å². The average Bonchev–Trinajstić information content (AvgIpc) is 2.05. The van der Waals surface area contributed by atoms with Crippen molar-refractivity contribution in [1.82, 2.24) is 0 Å². The summed E-state index contributed by atoms with van der Waals surface area (Å²) >= 11 is 11.5. The third-order valence-electron chi connectivity index (χ3n) is 1.31. The molecular weight excluding hydrogens is 180 g/mol. The largest absolute Gasteiger partial charge is 0.141 e. The lowest BCUT2D eigenvalue weighted by Crippen LogP contribution is -2.13. The van der Waals surface area contributed by atoms with Gasteiger partial charge in [0, 0.05) is 5.25 Å². The minimum Gasteiger partial charge on any atom is -0.141 e. The number of rotatable bonds is 2. The van der Waals surface area contributed by atoms with Crippen LogP contribution in [0.5, 0.6) is 0 Å². The van der Waals surface area contributed by atoms with Gasteiger partial charge >= 0.3 is 0 Å². The van der Waals surface area contributed by atoms with E-state index in [0.29, 0.717) is 10.5 Å². The molecule has 3 heteroatoms. The van der Waals surface area contributed by atoms with Crippen molar-refractivity contribution >= 4 is 46.9 Å². The molecule has 54 valence electrons.